The molecule has 1 rings (SSSR count). The smallest absolute Gasteiger partial charge is 0.142 e. The van der Waals surface area contributed by atoms with Crippen molar-refractivity contribution < 1.29 is 4.84 Å². The van der Waals surface area contributed by atoms with Gasteiger partial charge in [0.05, 0.1) is 0 Å². The Morgan fingerprint density at radius 2 is 2.15 bits per heavy atom. The van der Waals surface area contributed by atoms with Crippen molar-refractivity contribution >= 4 is 6.21 Å². The van der Waals surface area contributed by atoms with Crippen molar-refractivity contribution in [2.45, 2.75) is 26.9 Å². The van der Waals surface area contributed by atoms with Crippen LogP contribution in [-0.4, -0.2) is 6.21 Å². The lowest BCUT2D eigenvalue weighted by molar-refractivity contribution is 0.131. The molecule has 2 heteroatoms. The molecule has 0 unspecified atom stereocenters. The average Bonchev–Trinajstić information content (AvgIpc) is 2.15. The Kier molecular flexibility index (Phi) is 4.03. The van der Waals surface area contributed by atoms with Crippen LogP contribution in [0.15, 0.2) is 29.4 Å². The first kappa shape index (κ1) is 9.78. The van der Waals surface area contributed by atoms with Crippen molar-refractivity contribution in [3.05, 3.63) is 35.4 Å². The van der Waals surface area contributed by atoms with E-state index >= 15 is 0 Å². The van der Waals surface area contributed by atoms with E-state index in [1.807, 2.05) is 19.1 Å². The highest BCUT2D eigenvalue weighted by atomic mass is 16.6. The molecule has 0 bridgehead atoms. The van der Waals surface area contributed by atoms with E-state index in [1.165, 1.54) is 11.1 Å². The molecule has 1 aromatic carbocycles. The van der Waals surface area contributed by atoms with E-state index < -0.39 is 0 Å². The second-order valence-corrected chi connectivity index (χ2v) is 2.90. The van der Waals surface area contributed by atoms with Crippen molar-refractivity contribution in [2.24, 2.45) is 5.16 Å². The van der Waals surface area contributed by atoms with E-state index in [-0.39, 0.29) is 0 Å². The lowest BCUT2D eigenvalue weighted by atomic mass is 10.1. The fourth-order valence-electron chi connectivity index (χ4n) is 1.01. The second kappa shape index (κ2) is 5.36. The fraction of sp³-hybridized carbons (Fsp3) is 0.364. The van der Waals surface area contributed by atoms with Gasteiger partial charge in [0.25, 0.3) is 0 Å². The van der Waals surface area contributed by atoms with Gasteiger partial charge < -0.3 is 4.84 Å². The van der Waals surface area contributed by atoms with Gasteiger partial charge in [0.1, 0.15) is 6.61 Å². The topological polar surface area (TPSA) is 21.6 Å². The molecule has 0 aliphatic rings. The Labute approximate surface area is 79.2 Å². The molecule has 13 heavy (non-hydrogen) atoms. The minimum atomic E-state index is 0.559. The van der Waals surface area contributed by atoms with Crippen molar-refractivity contribution in [1.29, 1.82) is 0 Å². The van der Waals surface area contributed by atoms with Gasteiger partial charge in [-0.05, 0) is 24.5 Å². The van der Waals surface area contributed by atoms with Crippen LogP contribution < -0.4 is 0 Å². The maximum absolute atomic E-state index is 5.11. The molecular weight excluding hydrogens is 162 g/mol. The molecule has 0 saturated heterocycles. The van der Waals surface area contributed by atoms with E-state index in [0.29, 0.717) is 6.61 Å². The Balaban J connectivity index is 2.45. The fourth-order valence-corrected chi connectivity index (χ4v) is 1.01. The second-order valence-electron chi connectivity index (χ2n) is 2.90. The van der Waals surface area contributed by atoms with E-state index in [0.717, 1.165) is 6.42 Å². The number of nitrogens with zero attached hydrogens (tertiary/aromatic N) is 1. The third-order valence-electron chi connectivity index (χ3n) is 1.81. The molecule has 0 amide bonds. The summed E-state index contributed by atoms with van der Waals surface area (Å²) in [7, 11) is 0. The van der Waals surface area contributed by atoms with Crippen LogP contribution in [0.5, 0.6) is 0 Å². The molecule has 0 atom stereocenters. The molecule has 0 fully saturated rings. The van der Waals surface area contributed by atoms with Gasteiger partial charge in [0.2, 0.25) is 0 Å². The zero-order valence-corrected chi connectivity index (χ0v) is 8.16. The van der Waals surface area contributed by atoms with E-state index in [4.69, 9.17) is 4.84 Å². The molecule has 0 aromatic heterocycles. The first-order valence-corrected chi connectivity index (χ1v) is 4.53. The molecule has 2 nitrogen and oxygen atoms in total. The van der Waals surface area contributed by atoms with E-state index in [2.05, 4.69) is 24.2 Å². The highest BCUT2D eigenvalue weighted by Gasteiger charge is 1.95. The number of benzene rings is 1. The Bertz CT molecular complexity index is 281. The summed E-state index contributed by atoms with van der Waals surface area (Å²) >= 11 is 0. The summed E-state index contributed by atoms with van der Waals surface area (Å²) in [5, 5.41) is 3.80. The van der Waals surface area contributed by atoms with Crippen LogP contribution in [0.1, 0.15) is 24.5 Å². The van der Waals surface area contributed by atoms with Gasteiger partial charge in [-0.25, -0.2) is 0 Å². The summed E-state index contributed by atoms with van der Waals surface area (Å²) in [6.07, 6.45) is 2.67. The van der Waals surface area contributed by atoms with Gasteiger partial charge >= 0.3 is 0 Å². The van der Waals surface area contributed by atoms with Gasteiger partial charge in [-0.15, -0.1) is 0 Å². The van der Waals surface area contributed by atoms with Crippen molar-refractivity contribution in [1.82, 2.24) is 0 Å². The van der Waals surface area contributed by atoms with Gasteiger partial charge in [-0.3, -0.25) is 0 Å². The van der Waals surface area contributed by atoms with Crippen molar-refractivity contribution in [3.8, 4) is 0 Å². The predicted octanol–water partition coefficient (Wildman–Crippen LogP) is 2.91. The molecule has 0 heterocycles. The van der Waals surface area contributed by atoms with Crippen LogP contribution >= 0.6 is 0 Å². The highest BCUT2D eigenvalue weighted by molar-refractivity contribution is 5.55. The van der Waals surface area contributed by atoms with Crippen LogP contribution in [0, 0.1) is 6.92 Å². The minimum Gasteiger partial charge on any atom is -0.391 e. The third-order valence-corrected chi connectivity index (χ3v) is 1.81. The lowest BCUT2D eigenvalue weighted by Crippen LogP contribution is -1.90. The molecule has 70 valence electrons. The summed E-state index contributed by atoms with van der Waals surface area (Å²) in [5.74, 6) is 0. The largest absolute Gasteiger partial charge is 0.391 e. The van der Waals surface area contributed by atoms with Crippen LogP contribution in [0.25, 0.3) is 0 Å². The predicted molar refractivity (Wildman–Crippen MR) is 54.8 cm³/mol. The number of hydrogen-bond donors (Lipinski definition) is 0. The first-order valence-electron chi connectivity index (χ1n) is 4.53. The summed E-state index contributed by atoms with van der Waals surface area (Å²) < 4.78 is 0. The number of aryl methyl sites for hydroxylation is 1. The van der Waals surface area contributed by atoms with E-state index in [9.17, 15) is 0 Å². The Hall–Kier alpha value is -1.31. The molecule has 0 N–H and O–H groups in total. The molecule has 0 radical (unpaired) electrons. The van der Waals surface area contributed by atoms with Crippen LogP contribution in [-0.2, 0) is 11.4 Å². The van der Waals surface area contributed by atoms with Gasteiger partial charge in [-0.2, -0.15) is 0 Å². The zero-order valence-electron chi connectivity index (χ0n) is 8.16. The number of rotatable bonds is 4. The highest BCUT2D eigenvalue weighted by Crippen LogP contribution is 2.07. The first-order chi connectivity index (χ1) is 6.34. The summed E-state index contributed by atoms with van der Waals surface area (Å²) in [4.78, 5) is 5.11. The standard InChI is InChI=1S/C11H15NO/c1-3-8-12-13-9-11-7-5-4-6-10(11)2/h4-8H,3,9H2,1-2H3. The molecule has 1 aromatic rings. The number of oxime groups is 1. The quantitative estimate of drug-likeness (QED) is 0.512. The van der Waals surface area contributed by atoms with Gasteiger partial charge in [0.15, 0.2) is 0 Å². The molecule has 0 aliphatic carbocycles. The Morgan fingerprint density at radius 1 is 1.38 bits per heavy atom. The third kappa shape index (κ3) is 3.28. The average molecular weight is 177 g/mol. The molecule has 0 saturated carbocycles. The maximum Gasteiger partial charge on any atom is 0.142 e. The summed E-state index contributed by atoms with van der Waals surface area (Å²) in [6, 6.07) is 8.16. The minimum absolute atomic E-state index is 0.559. The molecule has 0 spiro atoms. The van der Waals surface area contributed by atoms with Gasteiger partial charge in [0, 0.05) is 6.21 Å². The van der Waals surface area contributed by atoms with E-state index in [1.54, 1.807) is 6.21 Å². The van der Waals surface area contributed by atoms with Crippen LogP contribution in [0.4, 0.5) is 0 Å². The molecular formula is C11H15NO. The van der Waals surface area contributed by atoms with Crippen LogP contribution in [0.2, 0.25) is 0 Å². The maximum atomic E-state index is 5.11. The normalized spacial score (nSPS) is 10.6. The Morgan fingerprint density at radius 3 is 2.85 bits per heavy atom. The lowest BCUT2D eigenvalue weighted by Gasteiger charge is -2.02. The van der Waals surface area contributed by atoms with Crippen molar-refractivity contribution in [2.75, 3.05) is 0 Å². The SMILES string of the molecule is CCC=NOCc1ccccc1C. The summed E-state index contributed by atoms with van der Waals surface area (Å²) in [5.41, 5.74) is 2.44. The van der Waals surface area contributed by atoms with Crippen LogP contribution in [0.3, 0.4) is 0 Å². The number of hydrogen-bond acceptors (Lipinski definition) is 2. The monoisotopic (exact) mass is 177 g/mol. The van der Waals surface area contributed by atoms with Crippen molar-refractivity contribution in [3.63, 3.8) is 0 Å². The zero-order chi connectivity index (χ0) is 9.52. The summed E-state index contributed by atoms with van der Waals surface area (Å²) in [6.45, 7) is 4.66. The molecule has 0 aliphatic heterocycles. The van der Waals surface area contributed by atoms with Gasteiger partial charge in [-0.1, -0.05) is 36.3 Å².